The molecular weight excluding hydrogens is 294 g/mol. The fourth-order valence-electron chi connectivity index (χ4n) is 1.63. The molecule has 0 bridgehead atoms. The fourth-order valence-corrected chi connectivity index (χ4v) is 1.98. The van der Waals surface area contributed by atoms with Crippen LogP contribution >= 0.6 is 23.8 Å². The Balaban J connectivity index is 2.17. The second kappa shape index (κ2) is 5.98. The first kappa shape index (κ1) is 14.4. The smallest absolute Gasteiger partial charge is 0.274 e. The van der Waals surface area contributed by atoms with Gasteiger partial charge in [0.1, 0.15) is 10.7 Å². The van der Waals surface area contributed by atoms with Gasteiger partial charge in [0, 0.05) is 22.5 Å². The maximum atomic E-state index is 12.1. The molecule has 0 saturated heterocycles. The molecular formula is C14H12ClN3OS. The number of hydrogen-bond donors (Lipinski definition) is 2. The number of halogens is 1. The van der Waals surface area contributed by atoms with Gasteiger partial charge < -0.3 is 11.1 Å². The highest BCUT2D eigenvalue weighted by Crippen LogP contribution is 2.20. The number of rotatable bonds is 3. The van der Waals surface area contributed by atoms with Crippen molar-refractivity contribution < 1.29 is 4.79 Å². The van der Waals surface area contributed by atoms with Crippen LogP contribution < -0.4 is 11.1 Å². The first-order valence-electron chi connectivity index (χ1n) is 5.81. The minimum atomic E-state index is -0.301. The van der Waals surface area contributed by atoms with Crippen LogP contribution in [0.2, 0.25) is 5.02 Å². The topological polar surface area (TPSA) is 68.0 Å². The predicted octanol–water partition coefficient (Wildman–Crippen LogP) is 2.93. The molecule has 0 aliphatic carbocycles. The van der Waals surface area contributed by atoms with Crippen molar-refractivity contribution in [1.29, 1.82) is 0 Å². The Morgan fingerprint density at radius 3 is 2.65 bits per heavy atom. The van der Waals surface area contributed by atoms with Crippen molar-refractivity contribution in [2.45, 2.75) is 6.92 Å². The zero-order valence-electron chi connectivity index (χ0n) is 10.7. The first-order valence-corrected chi connectivity index (χ1v) is 6.59. The highest BCUT2D eigenvalue weighted by molar-refractivity contribution is 7.80. The van der Waals surface area contributed by atoms with Crippen LogP contribution in [0, 0.1) is 6.92 Å². The summed E-state index contributed by atoms with van der Waals surface area (Å²) in [6.07, 6.45) is 1.48. The van der Waals surface area contributed by atoms with E-state index < -0.39 is 0 Å². The third-order valence-electron chi connectivity index (χ3n) is 2.72. The number of carbonyl (C=O) groups is 1. The molecule has 0 spiro atoms. The minimum absolute atomic E-state index is 0.248. The molecule has 1 aromatic carbocycles. The SMILES string of the molecule is Cc1cc(Cl)ccc1NC(=O)c1ccc(C(N)=S)cn1. The van der Waals surface area contributed by atoms with Crippen molar-refractivity contribution in [3.63, 3.8) is 0 Å². The molecule has 3 N–H and O–H groups in total. The lowest BCUT2D eigenvalue weighted by molar-refractivity contribution is 0.102. The molecule has 1 aromatic heterocycles. The Morgan fingerprint density at radius 1 is 1.35 bits per heavy atom. The van der Waals surface area contributed by atoms with E-state index in [4.69, 9.17) is 29.6 Å². The van der Waals surface area contributed by atoms with Crippen LogP contribution in [0.5, 0.6) is 0 Å². The van der Waals surface area contributed by atoms with E-state index in [1.807, 2.05) is 6.92 Å². The highest BCUT2D eigenvalue weighted by Gasteiger charge is 2.09. The summed E-state index contributed by atoms with van der Waals surface area (Å²) in [6, 6.07) is 8.49. The normalized spacial score (nSPS) is 10.1. The largest absolute Gasteiger partial charge is 0.389 e. The van der Waals surface area contributed by atoms with Gasteiger partial charge in [-0.1, -0.05) is 23.8 Å². The summed E-state index contributed by atoms with van der Waals surface area (Å²) in [4.78, 5) is 16.3. The van der Waals surface area contributed by atoms with Crippen molar-refractivity contribution in [2.75, 3.05) is 5.32 Å². The number of thiocarbonyl (C=S) groups is 1. The molecule has 102 valence electrons. The fraction of sp³-hybridized carbons (Fsp3) is 0.0714. The van der Waals surface area contributed by atoms with E-state index in [2.05, 4.69) is 10.3 Å². The van der Waals surface area contributed by atoms with Gasteiger partial charge in [0.15, 0.2) is 0 Å². The minimum Gasteiger partial charge on any atom is -0.389 e. The Bertz CT molecular complexity index is 671. The molecule has 0 saturated carbocycles. The van der Waals surface area contributed by atoms with Gasteiger partial charge in [-0.3, -0.25) is 9.78 Å². The molecule has 0 aliphatic rings. The molecule has 20 heavy (non-hydrogen) atoms. The summed E-state index contributed by atoms with van der Waals surface area (Å²) in [7, 11) is 0. The molecule has 0 radical (unpaired) electrons. The second-order valence-corrected chi connectivity index (χ2v) is 5.09. The average Bonchev–Trinajstić information content (AvgIpc) is 2.42. The summed E-state index contributed by atoms with van der Waals surface area (Å²) in [5.74, 6) is -0.301. The molecule has 1 amide bonds. The van der Waals surface area contributed by atoms with E-state index >= 15 is 0 Å². The standard InChI is InChI=1S/C14H12ClN3OS/c1-8-6-10(15)3-5-11(8)18-14(19)12-4-2-9(7-17-12)13(16)20/h2-7H,1H3,(H2,16,20)(H,18,19). The number of carbonyl (C=O) groups excluding carboxylic acids is 1. The predicted molar refractivity (Wildman–Crippen MR) is 84.3 cm³/mol. The van der Waals surface area contributed by atoms with Gasteiger partial charge in [-0.2, -0.15) is 0 Å². The Hall–Kier alpha value is -1.98. The number of aromatic nitrogens is 1. The summed E-state index contributed by atoms with van der Waals surface area (Å²) in [5, 5.41) is 3.40. The van der Waals surface area contributed by atoms with Crippen molar-refractivity contribution in [1.82, 2.24) is 4.98 Å². The van der Waals surface area contributed by atoms with Crippen molar-refractivity contribution in [3.05, 3.63) is 58.4 Å². The van der Waals surface area contributed by atoms with Crippen molar-refractivity contribution in [3.8, 4) is 0 Å². The molecule has 1 heterocycles. The second-order valence-electron chi connectivity index (χ2n) is 4.21. The summed E-state index contributed by atoms with van der Waals surface area (Å²) in [6.45, 7) is 1.87. The molecule has 0 atom stereocenters. The molecule has 0 fully saturated rings. The number of nitrogens with zero attached hydrogens (tertiary/aromatic N) is 1. The van der Waals surface area contributed by atoms with E-state index in [1.54, 1.807) is 30.3 Å². The molecule has 2 aromatic rings. The number of anilines is 1. The third-order valence-corrected chi connectivity index (χ3v) is 3.19. The van der Waals surface area contributed by atoms with Crippen molar-refractivity contribution in [2.24, 2.45) is 5.73 Å². The molecule has 6 heteroatoms. The zero-order valence-corrected chi connectivity index (χ0v) is 12.3. The van der Waals surface area contributed by atoms with E-state index in [0.29, 0.717) is 22.0 Å². The number of amides is 1. The lowest BCUT2D eigenvalue weighted by Gasteiger charge is -2.08. The molecule has 0 aliphatic heterocycles. The summed E-state index contributed by atoms with van der Waals surface area (Å²) >= 11 is 10.7. The Labute approximate surface area is 127 Å². The van der Waals surface area contributed by atoms with Crippen LogP contribution in [0.25, 0.3) is 0 Å². The number of benzene rings is 1. The van der Waals surface area contributed by atoms with Crippen LogP contribution in [0.3, 0.4) is 0 Å². The van der Waals surface area contributed by atoms with E-state index in [0.717, 1.165) is 5.56 Å². The average molecular weight is 306 g/mol. The number of nitrogens with one attached hydrogen (secondary N) is 1. The number of nitrogens with two attached hydrogens (primary N) is 1. The van der Waals surface area contributed by atoms with Gasteiger partial charge in [-0.25, -0.2) is 0 Å². The number of aryl methyl sites for hydroxylation is 1. The van der Waals surface area contributed by atoms with Crippen molar-refractivity contribution >= 4 is 40.4 Å². The number of pyridine rings is 1. The Morgan fingerprint density at radius 2 is 2.10 bits per heavy atom. The molecule has 4 nitrogen and oxygen atoms in total. The lowest BCUT2D eigenvalue weighted by atomic mass is 10.2. The van der Waals surface area contributed by atoms with E-state index in [1.165, 1.54) is 6.20 Å². The van der Waals surface area contributed by atoms with Gasteiger partial charge in [-0.05, 0) is 42.8 Å². The van der Waals surface area contributed by atoms with Gasteiger partial charge in [-0.15, -0.1) is 0 Å². The van der Waals surface area contributed by atoms with Gasteiger partial charge >= 0.3 is 0 Å². The maximum absolute atomic E-state index is 12.1. The van der Waals surface area contributed by atoms with Crippen LogP contribution in [0.4, 0.5) is 5.69 Å². The summed E-state index contributed by atoms with van der Waals surface area (Å²) < 4.78 is 0. The van der Waals surface area contributed by atoms with Crippen LogP contribution in [-0.2, 0) is 0 Å². The quantitative estimate of drug-likeness (QED) is 0.856. The van der Waals surface area contributed by atoms with Gasteiger partial charge in [0.05, 0.1) is 0 Å². The number of hydrogen-bond acceptors (Lipinski definition) is 3. The third kappa shape index (κ3) is 3.31. The van der Waals surface area contributed by atoms with Crippen LogP contribution in [0.1, 0.15) is 21.6 Å². The van der Waals surface area contributed by atoms with Gasteiger partial charge in [0.25, 0.3) is 5.91 Å². The zero-order chi connectivity index (χ0) is 14.7. The Kier molecular flexibility index (Phi) is 4.32. The first-order chi connectivity index (χ1) is 9.47. The van der Waals surface area contributed by atoms with Crippen LogP contribution in [0.15, 0.2) is 36.5 Å². The lowest BCUT2D eigenvalue weighted by Crippen LogP contribution is -2.16. The molecule has 2 rings (SSSR count). The van der Waals surface area contributed by atoms with Crippen LogP contribution in [-0.4, -0.2) is 15.9 Å². The van der Waals surface area contributed by atoms with E-state index in [-0.39, 0.29) is 10.9 Å². The monoisotopic (exact) mass is 305 g/mol. The summed E-state index contributed by atoms with van der Waals surface area (Å²) in [5.41, 5.74) is 7.97. The van der Waals surface area contributed by atoms with E-state index in [9.17, 15) is 4.79 Å². The maximum Gasteiger partial charge on any atom is 0.274 e. The highest BCUT2D eigenvalue weighted by atomic mass is 35.5. The molecule has 0 unspecified atom stereocenters. The van der Waals surface area contributed by atoms with Gasteiger partial charge in [0.2, 0.25) is 0 Å².